The maximum absolute atomic E-state index is 12.9. The van der Waals surface area contributed by atoms with Crippen LogP contribution in [-0.2, 0) is 0 Å². The van der Waals surface area contributed by atoms with Gasteiger partial charge in [0.15, 0.2) is 16.6 Å². The Morgan fingerprint density at radius 1 is 1.00 bits per heavy atom. The van der Waals surface area contributed by atoms with E-state index < -0.39 is 0 Å². The predicted molar refractivity (Wildman–Crippen MR) is 110 cm³/mol. The highest BCUT2D eigenvalue weighted by molar-refractivity contribution is 7.22. The molecule has 0 spiro atoms. The second-order valence-electron chi connectivity index (χ2n) is 6.75. The topological polar surface area (TPSA) is 54.9 Å². The van der Waals surface area contributed by atoms with Crippen LogP contribution in [0.4, 0.5) is 5.13 Å². The van der Waals surface area contributed by atoms with Crippen molar-refractivity contribution in [3.63, 3.8) is 0 Å². The van der Waals surface area contributed by atoms with Crippen LogP contribution in [0.1, 0.15) is 10.4 Å². The quantitative estimate of drug-likeness (QED) is 0.639. The number of benzene rings is 2. The van der Waals surface area contributed by atoms with Crippen molar-refractivity contribution >= 4 is 44.2 Å². The van der Waals surface area contributed by atoms with Crippen molar-refractivity contribution in [1.29, 1.82) is 0 Å². The first-order valence-corrected chi connectivity index (χ1v) is 10.4. The first-order chi connectivity index (χ1) is 13.7. The number of thiazole rings is 1. The van der Waals surface area contributed by atoms with Crippen molar-refractivity contribution in [2.24, 2.45) is 0 Å². The molecule has 0 saturated carbocycles. The van der Waals surface area contributed by atoms with Gasteiger partial charge >= 0.3 is 0 Å². The smallest absolute Gasteiger partial charge is 0.254 e. The summed E-state index contributed by atoms with van der Waals surface area (Å²) < 4.78 is 12.2. The van der Waals surface area contributed by atoms with Gasteiger partial charge in [0.1, 0.15) is 13.2 Å². The number of piperazine rings is 1. The first kappa shape index (κ1) is 17.6. The van der Waals surface area contributed by atoms with Crippen molar-refractivity contribution in [2.75, 3.05) is 44.3 Å². The summed E-state index contributed by atoms with van der Waals surface area (Å²) in [6.45, 7) is 3.87. The number of aromatic nitrogens is 1. The van der Waals surface area contributed by atoms with E-state index in [1.54, 1.807) is 23.5 Å². The van der Waals surface area contributed by atoms with Crippen LogP contribution in [0.5, 0.6) is 11.5 Å². The molecule has 2 aliphatic rings. The Kier molecular flexibility index (Phi) is 4.49. The molecule has 3 aromatic rings. The third-order valence-electron chi connectivity index (χ3n) is 4.97. The van der Waals surface area contributed by atoms with E-state index in [0.29, 0.717) is 43.4 Å². The molecule has 5 rings (SSSR count). The van der Waals surface area contributed by atoms with Crippen LogP contribution < -0.4 is 14.4 Å². The number of halogens is 1. The lowest BCUT2D eigenvalue weighted by atomic mass is 10.1. The Bertz CT molecular complexity index is 1050. The number of carbonyl (C=O) groups is 1. The minimum absolute atomic E-state index is 0.0210. The van der Waals surface area contributed by atoms with E-state index in [9.17, 15) is 4.79 Å². The molecule has 28 heavy (non-hydrogen) atoms. The minimum atomic E-state index is 0.0210. The summed E-state index contributed by atoms with van der Waals surface area (Å²) in [5, 5.41) is 1.70. The molecular weight excluding hydrogens is 398 g/mol. The van der Waals surface area contributed by atoms with Gasteiger partial charge in [0.2, 0.25) is 0 Å². The van der Waals surface area contributed by atoms with Crippen molar-refractivity contribution in [3.05, 3.63) is 47.0 Å². The summed E-state index contributed by atoms with van der Waals surface area (Å²) in [5.41, 5.74) is 1.59. The second-order valence-corrected chi connectivity index (χ2v) is 8.19. The molecule has 144 valence electrons. The van der Waals surface area contributed by atoms with Gasteiger partial charge in [-0.05, 0) is 36.4 Å². The fraction of sp³-hybridized carbons (Fsp3) is 0.300. The number of rotatable bonds is 2. The van der Waals surface area contributed by atoms with Crippen LogP contribution in [-0.4, -0.2) is 55.2 Å². The van der Waals surface area contributed by atoms with E-state index in [4.69, 9.17) is 26.1 Å². The molecule has 1 saturated heterocycles. The van der Waals surface area contributed by atoms with Crippen LogP contribution >= 0.6 is 22.9 Å². The standard InChI is InChI=1S/C20H18ClN3O3S/c21-14-2-3-15-18(12-14)28-20(22-15)24-7-5-23(6-8-24)19(25)13-1-4-16-17(11-13)27-10-9-26-16/h1-4,11-12H,5-10H2. The summed E-state index contributed by atoms with van der Waals surface area (Å²) in [6.07, 6.45) is 0. The number of fused-ring (bicyclic) bond motifs is 2. The molecule has 2 aromatic carbocycles. The molecule has 1 fully saturated rings. The SMILES string of the molecule is O=C(c1ccc2c(c1)OCCO2)N1CCN(c2nc3ccc(Cl)cc3s2)CC1. The molecule has 3 heterocycles. The number of anilines is 1. The third-order valence-corrected chi connectivity index (χ3v) is 6.28. The fourth-order valence-electron chi connectivity index (χ4n) is 3.48. The Morgan fingerprint density at radius 3 is 2.61 bits per heavy atom. The Hall–Kier alpha value is -2.51. The number of hydrogen-bond acceptors (Lipinski definition) is 6. The molecule has 8 heteroatoms. The van der Waals surface area contributed by atoms with Gasteiger partial charge in [0, 0.05) is 36.8 Å². The number of carbonyl (C=O) groups excluding carboxylic acids is 1. The molecule has 0 radical (unpaired) electrons. The van der Waals surface area contributed by atoms with Gasteiger partial charge in [0.05, 0.1) is 10.2 Å². The summed E-state index contributed by atoms with van der Waals surface area (Å²) in [7, 11) is 0. The molecule has 0 unspecified atom stereocenters. The molecule has 1 amide bonds. The highest BCUT2D eigenvalue weighted by Crippen LogP contribution is 2.33. The number of nitrogens with zero attached hydrogens (tertiary/aromatic N) is 3. The van der Waals surface area contributed by atoms with E-state index in [1.165, 1.54) is 0 Å². The van der Waals surface area contributed by atoms with Crippen molar-refractivity contribution in [2.45, 2.75) is 0 Å². The Morgan fingerprint density at radius 2 is 1.79 bits per heavy atom. The Labute approximate surface area is 171 Å². The normalized spacial score (nSPS) is 16.5. The average Bonchev–Trinajstić information content (AvgIpc) is 3.16. The zero-order chi connectivity index (χ0) is 19.1. The maximum Gasteiger partial charge on any atom is 0.254 e. The lowest BCUT2D eigenvalue weighted by molar-refractivity contribution is 0.0745. The van der Waals surface area contributed by atoms with E-state index in [2.05, 4.69) is 4.90 Å². The zero-order valence-electron chi connectivity index (χ0n) is 15.1. The second kappa shape index (κ2) is 7.14. The molecule has 1 aromatic heterocycles. The lowest BCUT2D eigenvalue weighted by Crippen LogP contribution is -2.48. The summed E-state index contributed by atoms with van der Waals surface area (Å²) in [5.74, 6) is 1.36. The monoisotopic (exact) mass is 415 g/mol. The van der Waals surface area contributed by atoms with Crippen LogP contribution in [0.25, 0.3) is 10.2 Å². The Balaban J connectivity index is 1.28. The summed E-state index contributed by atoms with van der Waals surface area (Å²) in [6, 6.07) is 11.1. The van der Waals surface area contributed by atoms with Crippen LogP contribution in [0.3, 0.4) is 0 Å². The molecule has 0 bridgehead atoms. The number of hydrogen-bond donors (Lipinski definition) is 0. The fourth-order valence-corrected chi connectivity index (χ4v) is 4.77. The molecular formula is C20H18ClN3O3S. The van der Waals surface area contributed by atoms with Crippen LogP contribution in [0.15, 0.2) is 36.4 Å². The maximum atomic E-state index is 12.9. The lowest BCUT2D eigenvalue weighted by Gasteiger charge is -2.34. The van der Waals surface area contributed by atoms with Crippen LogP contribution in [0.2, 0.25) is 5.02 Å². The highest BCUT2D eigenvalue weighted by Gasteiger charge is 2.25. The third kappa shape index (κ3) is 3.25. The average molecular weight is 416 g/mol. The molecule has 0 aliphatic carbocycles. The van der Waals surface area contributed by atoms with Gasteiger partial charge in [-0.1, -0.05) is 22.9 Å². The predicted octanol–water partition coefficient (Wildman–Crippen LogP) is 3.68. The first-order valence-electron chi connectivity index (χ1n) is 9.17. The minimum Gasteiger partial charge on any atom is -0.486 e. The zero-order valence-corrected chi connectivity index (χ0v) is 16.6. The highest BCUT2D eigenvalue weighted by atomic mass is 35.5. The molecule has 2 aliphatic heterocycles. The van der Waals surface area contributed by atoms with Gasteiger partial charge in [-0.3, -0.25) is 4.79 Å². The summed E-state index contributed by atoms with van der Waals surface area (Å²) >= 11 is 7.71. The summed E-state index contributed by atoms with van der Waals surface area (Å²) in [4.78, 5) is 21.7. The van der Waals surface area contributed by atoms with Crippen molar-refractivity contribution < 1.29 is 14.3 Å². The van der Waals surface area contributed by atoms with Crippen molar-refractivity contribution in [1.82, 2.24) is 9.88 Å². The molecule has 0 N–H and O–H groups in total. The van der Waals surface area contributed by atoms with E-state index in [1.807, 2.05) is 29.2 Å². The van der Waals surface area contributed by atoms with Gasteiger partial charge < -0.3 is 19.3 Å². The number of amides is 1. The van der Waals surface area contributed by atoms with Gasteiger partial charge in [0.25, 0.3) is 5.91 Å². The van der Waals surface area contributed by atoms with Crippen LogP contribution in [0, 0.1) is 0 Å². The van der Waals surface area contributed by atoms with Gasteiger partial charge in [-0.2, -0.15) is 0 Å². The van der Waals surface area contributed by atoms with E-state index in [-0.39, 0.29) is 5.91 Å². The molecule has 0 atom stereocenters. The number of ether oxygens (including phenoxy) is 2. The van der Waals surface area contributed by atoms with E-state index in [0.717, 1.165) is 33.5 Å². The molecule has 6 nitrogen and oxygen atoms in total. The van der Waals surface area contributed by atoms with Gasteiger partial charge in [-0.25, -0.2) is 4.98 Å². The largest absolute Gasteiger partial charge is 0.486 e. The van der Waals surface area contributed by atoms with Gasteiger partial charge in [-0.15, -0.1) is 0 Å². The van der Waals surface area contributed by atoms with E-state index >= 15 is 0 Å². The van der Waals surface area contributed by atoms with Crippen molar-refractivity contribution in [3.8, 4) is 11.5 Å².